The third-order valence-electron chi connectivity index (χ3n) is 4.53. The molecule has 3 aromatic carbocycles. The number of hydrogen-bond donors (Lipinski definition) is 3. The van der Waals surface area contributed by atoms with Crippen LogP contribution in [0.5, 0.6) is 0 Å². The van der Waals surface area contributed by atoms with Gasteiger partial charge in [-0.05, 0) is 48.0 Å². The van der Waals surface area contributed by atoms with Crippen LogP contribution in [0.3, 0.4) is 0 Å². The maximum absolute atomic E-state index is 13.1. The summed E-state index contributed by atoms with van der Waals surface area (Å²) in [6, 6.07) is 17.8. The van der Waals surface area contributed by atoms with Gasteiger partial charge in [0.1, 0.15) is 0 Å². The predicted molar refractivity (Wildman–Crippen MR) is 112 cm³/mol. The molecule has 0 heterocycles. The molecule has 10 heteroatoms. The molecule has 0 aliphatic rings. The minimum Gasteiger partial charge on any atom is -0.387 e. The van der Waals surface area contributed by atoms with Gasteiger partial charge in [0.15, 0.2) is 0 Å². The average molecular weight is 464 g/mol. The molecule has 0 aliphatic heterocycles. The second-order valence-electron chi connectivity index (χ2n) is 6.81. The first-order chi connectivity index (χ1) is 15.1. The lowest BCUT2D eigenvalue weighted by Gasteiger charge is -2.18. The van der Waals surface area contributed by atoms with Gasteiger partial charge < -0.3 is 10.4 Å². The first-order valence-corrected chi connectivity index (χ1v) is 10.9. The van der Waals surface area contributed by atoms with Gasteiger partial charge in [-0.15, -0.1) is 0 Å². The van der Waals surface area contributed by atoms with Crippen molar-refractivity contribution in [1.82, 2.24) is 5.32 Å². The fourth-order valence-electron chi connectivity index (χ4n) is 2.95. The molecule has 3 N–H and O–H groups in total. The van der Waals surface area contributed by atoms with E-state index in [1.165, 1.54) is 48.5 Å². The number of hydrogen-bond acceptors (Lipinski definition) is 4. The quantitative estimate of drug-likeness (QED) is 0.493. The zero-order valence-corrected chi connectivity index (χ0v) is 17.3. The van der Waals surface area contributed by atoms with Gasteiger partial charge in [0.25, 0.3) is 15.9 Å². The Bertz CT molecular complexity index is 1180. The van der Waals surface area contributed by atoms with E-state index >= 15 is 0 Å². The van der Waals surface area contributed by atoms with Crippen molar-refractivity contribution in [2.45, 2.75) is 17.2 Å². The fourth-order valence-corrected chi connectivity index (χ4v) is 4.03. The summed E-state index contributed by atoms with van der Waals surface area (Å²) >= 11 is 0. The lowest BCUT2D eigenvalue weighted by atomic mass is 10.0. The SMILES string of the molecule is O=C(NCC(O)c1ccccc1C(F)(F)F)c1ccc(NS(=O)(=O)c2ccccc2)cc1. The Morgan fingerprint density at radius 3 is 2.12 bits per heavy atom. The van der Waals surface area contributed by atoms with E-state index in [9.17, 15) is 31.5 Å². The lowest BCUT2D eigenvalue weighted by molar-refractivity contribution is -0.139. The van der Waals surface area contributed by atoms with Crippen molar-refractivity contribution in [3.8, 4) is 0 Å². The van der Waals surface area contributed by atoms with Crippen LogP contribution in [-0.4, -0.2) is 26.0 Å². The van der Waals surface area contributed by atoms with Gasteiger partial charge >= 0.3 is 6.18 Å². The standard InChI is InChI=1S/C22H19F3N2O4S/c23-22(24,25)19-9-5-4-8-18(19)20(28)14-26-21(29)15-10-12-16(13-11-15)27-32(30,31)17-6-2-1-3-7-17/h1-13,20,27-28H,14H2,(H,26,29). The normalized spacial score (nSPS) is 12.8. The molecular weight excluding hydrogens is 445 g/mol. The number of rotatable bonds is 7. The molecule has 0 saturated carbocycles. The molecule has 0 aromatic heterocycles. The molecule has 1 atom stereocenters. The summed E-state index contributed by atoms with van der Waals surface area (Å²) in [7, 11) is -3.79. The highest BCUT2D eigenvalue weighted by Gasteiger charge is 2.34. The minimum absolute atomic E-state index is 0.0787. The molecule has 1 unspecified atom stereocenters. The molecule has 6 nitrogen and oxygen atoms in total. The molecule has 168 valence electrons. The monoisotopic (exact) mass is 464 g/mol. The van der Waals surface area contributed by atoms with Crippen molar-refractivity contribution in [3.63, 3.8) is 0 Å². The highest BCUT2D eigenvalue weighted by molar-refractivity contribution is 7.92. The molecule has 3 aromatic rings. The third-order valence-corrected chi connectivity index (χ3v) is 5.93. The predicted octanol–water partition coefficient (Wildman–Crippen LogP) is 3.97. The number of anilines is 1. The number of aliphatic hydroxyl groups is 1. The summed E-state index contributed by atoms with van der Waals surface area (Å²) in [6.07, 6.45) is -6.20. The fraction of sp³-hybridized carbons (Fsp3) is 0.136. The van der Waals surface area contributed by atoms with E-state index in [2.05, 4.69) is 10.0 Å². The van der Waals surface area contributed by atoms with Crippen molar-refractivity contribution >= 4 is 21.6 Å². The highest BCUT2D eigenvalue weighted by Crippen LogP contribution is 2.34. The van der Waals surface area contributed by atoms with Gasteiger partial charge in [-0.2, -0.15) is 13.2 Å². The van der Waals surface area contributed by atoms with E-state index in [0.29, 0.717) is 0 Å². The number of nitrogens with one attached hydrogen (secondary N) is 2. The molecular formula is C22H19F3N2O4S. The first kappa shape index (κ1) is 23.3. The van der Waals surface area contributed by atoms with E-state index in [1.807, 2.05) is 0 Å². The zero-order valence-electron chi connectivity index (χ0n) is 16.5. The Morgan fingerprint density at radius 1 is 0.906 bits per heavy atom. The largest absolute Gasteiger partial charge is 0.416 e. The summed E-state index contributed by atoms with van der Waals surface area (Å²) in [5, 5.41) is 12.5. The van der Waals surface area contributed by atoms with Crippen molar-refractivity contribution in [2.24, 2.45) is 0 Å². The number of amides is 1. The number of carbonyl (C=O) groups is 1. The van der Waals surface area contributed by atoms with E-state index in [-0.39, 0.29) is 21.7 Å². The molecule has 0 bridgehead atoms. The van der Waals surface area contributed by atoms with Gasteiger partial charge in [0.2, 0.25) is 0 Å². The van der Waals surface area contributed by atoms with E-state index in [4.69, 9.17) is 0 Å². The molecule has 0 spiro atoms. The van der Waals surface area contributed by atoms with Crippen LogP contribution in [0, 0.1) is 0 Å². The highest BCUT2D eigenvalue weighted by atomic mass is 32.2. The number of benzene rings is 3. The number of alkyl halides is 3. The van der Waals surface area contributed by atoms with Crippen LogP contribution in [0.2, 0.25) is 0 Å². The number of aliphatic hydroxyl groups excluding tert-OH is 1. The Labute approximate surface area is 182 Å². The van der Waals surface area contributed by atoms with Gasteiger partial charge in [-0.1, -0.05) is 36.4 Å². The summed E-state index contributed by atoms with van der Waals surface area (Å²) in [4.78, 5) is 12.4. The summed E-state index contributed by atoms with van der Waals surface area (Å²) in [5.41, 5.74) is -0.948. The van der Waals surface area contributed by atoms with E-state index in [0.717, 1.165) is 12.1 Å². The average Bonchev–Trinajstić information content (AvgIpc) is 2.77. The first-order valence-electron chi connectivity index (χ1n) is 9.38. The minimum atomic E-state index is -4.63. The van der Waals surface area contributed by atoms with Crippen LogP contribution in [-0.2, 0) is 16.2 Å². The third kappa shape index (κ3) is 5.65. The lowest BCUT2D eigenvalue weighted by Crippen LogP contribution is -2.29. The maximum atomic E-state index is 13.1. The molecule has 0 saturated heterocycles. The maximum Gasteiger partial charge on any atom is 0.416 e. The smallest absolute Gasteiger partial charge is 0.387 e. The summed E-state index contributed by atoms with van der Waals surface area (Å²) < 4.78 is 66.3. The van der Waals surface area contributed by atoms with Crippen LogP contribution in [0.15, 0.2) is 83.8 Å². The van der Waals surface area contributed by atoms with Gasteiger partial charge in [0.05, 0.1) is 16.6 Å². The van der Waals surface area contributed by atoms with Gasteiger partial charge in [-0.3, -0.25) is 9.52 Å². The van der Waals surface area contributed by atoms with Crippen molar-refractivity contribution in [2.75, 3.05) is 11.3 Å². The van der Waals surface area contributed by atoms with Gasteiger partial charge in [0, 0.05) is 17.8 Å². The number of sulfonamides is 1. The van der Waals surface area contributed by atoms with E-state index < -0.39 is 40.3 Å². The Morgan fingerprint density at radius 2 is 1.50 bits per heavy atom. The van der Waals surface area contributed by atoms with Gasteiger partial charge in [-0.25, -0.2) is 8.42 Å². The van der Waals surface area contributed by atoms with Crippen molar-refractivity contribution in [3.05, 3.63) is 95.6 Å². The second-order valence-corrected chi connectivity index (χ2v) is 8.49. The molecule has 0 radical (unpaired) electrons. The van der Waals surface area contributed by atoms with Crippen LogP contribution < -0.4 is 10.0 Å². The molecule has 0 fully saturated rings. The molecule has 1 amide bonds. The number of carbonyl (C=O) groups excluding carboxylic acids is 1. The molecule has 0 aliphatic carbocycles. The summed E-state index contributed by atoms with van der Waals surface area (Å²) in [6.45, 7) is -0.436. The molecule has 3 rings (SSSR count). The Kier molecular flexibility index (Phi) is 6.85. The Hall–Kier alpha value is -3.37. The van der Waals surface area contributed by atoms with Crippen molar-refractivity contribution in [1.29, 1.82) is 0 Å². The van der Waals surface area contributed by atoms with Crippen LogP contribution in [0.25, 0.3) is 0 Å². The van der Waals surface area contributed by atoms with Crippen LogP contribution in [0.1, 0.15) is 27.6 Å². The summed E-state index contributed by atoms with van der Waals surface area (Å²) in [5.74, 6) is -0.633. The molecule has 32 heavy (non-hydrogen) atoms. The zero-order chi connectivity index (χ0) is 23.4. The topological polar surface area (TPSA) is 95.5 Å². The second kappa shape index (κ2) is 9.41. The van der Waals surface area contributed by atoms with Crippen LogP contribution >= 0.6 is 0 Å². The van der Waals surface area contributed by atoms with Crippen molar-refractivity contribution < 1.29 is 31.5 Å². The Balaban J connectivity index is 1.63. The van der Waals surface area contributed by atoms with E-state index in [1.54, 1.807) is 18.2 Å². The van der Waals surface area contributed by atoms with Crippen LogP contribution in [0.4, 0.5) is 18.9 Å². The number of halogens is 3.